The van der Waals surface area contributed by atoms with Gasteiger partial charge in [0.1, 0.15) is 11.5 Å². The molecule has 2 aromatic carbocycles. The minimum absolute atomic E-state index is 0.0717. The van der Waals surface area contributed by atoms with Crippen molar-refractivity contribution < 1.29 is 9.18 Å². The Labute approximate surface area is 142 Å². The van der Waals surface area contributed by atoms with E-state index in [0.29, 0.717) is 22.3 Å². The van der Waals surface area contributed by atoms with E-state index >= 15 is 0 Å². The Hall–Kier alpha value is -3.54. The molecule has 122 valence electrons. The molecule has 0 aliphatic carbocycles. The lowest BCUT2D eigenvalue weighted by Gasteiger charge is -2.11. The number of halogens is 1. The maximum atomic E-state index is 14.0. The first-order valence-corrected chi connectivity index (χ1v) is 7.63. The van der Waals surface area contributed by atoms with Crippen molar-refractivity contribution in [2.75, 3.05) is 11.1 Å². The zero-order chi connectivity index (χ0) is 17.4. The van der Waals surface area contributed by atoms with Crippen LogP contribution in [0.3, 0.4) is 0 Å². The number of para-hydroxylation sites is 1. The van der Waals surface area contributed by atoms with E-state index in [-0.39, 0.29) is 11.1 Å². The van der Waals surface area contributed by atoms with Crippen molar-refractivity contribution in [3.63, 3.8) is 0 Å². The van der Waals surface area contributed by atoms with Crippen molar-refractivity contribution in [1.82, 2.24) is 9.97 Å². The number of anilines is 2. The third kappa shape index (κ3) is 2.53. The van der Waals surface area contributed by atoms with Crippen molar-refractivity contribution in [3.05, 3.63) is 72.4 Å². The number of rotatable bonds is 2. The molecule has 5 nitrogen and oxygen atoms in total. The molecular weight excluding hydrogens is 319 g/mol. The van der Waals surface area contributed by atoms with Crippen LogP contribution in [0, 0.1) is 5.82 Å². The zero-order valence-electron chi connectivity index (χ0n) is 13.0. The maximum Gasteiger partial charge on any atom is 0.275 e. The maximum absolute atomic E-state index is 14.0. The van der Waals surface area contributed by atoms with Gasteiger partial charge in [0.05, 0.1) is 11.2 Å². The van der Waals surface area contributed by atoms with Gasteiger partial charge in [0.25, 0.3) is 5.91 Å². The Balaban J connectivity index is 1.82. The van der Waals surface area contributed by atoms with Crippen LogP contribution in [0.1, 0.15) is 10.5 Å². The number of aromatic nitrogens is 2. The summed E-state index contributed by atoms with van der Waals surface area (Å²) in [6.07, 6.45) is 3.04. The molecule has 4 rings (SSSR count). The summed E-state index contributed by atoms with van der Waals surface area (Å²) in [7, 11) is 0. The number of carbonyl (C=O) groups excluding carboxylic acids is 1. The summed E-state index contributed by atoms with van der Waals surface area (Å²) in [5, 5.41) is 4.26. The molecule has 3 N–H and O–H groups in total. The van der Waals surface area contributed by atoms with Gasteiger partial charge in [0.15, 0.2) is 0 Å². The van der Waals surface area contributed by atoms with Gasteiger partial charge in [0.2, 0.25) is 0 Å². The highest BCUT2D eigenvalue weighted by atomic mass is 19.1. The van der Waals surface area contributed by atoms with Crippen LogP contribution in [0.25, 0.3) is 21.7 Å². The van der Waals surface area contributed by atoms with Crippen molar-refractivity contribution in [2.24, 2.45) is 0 Å². The molecule has 0 atom stereocenters. The topological polar surface area (TPSA) is 80.9 Å². The molecule has 0 spiro atoms. The Bertz CT molecular complexity index is 1120. The fourth-order valence-electron chi connectivity index (χ4n) is 2.85. The van der Waals surface area contributed by atoms with Crippen LogP contribution < -0.4 is 11.1 Å². The summed E-state index contributed by atoms with van der Waals surface area (Å²) in [5.74, 6) is -0.923. The van der Waals surface area contributed by atoms with E-state index in [1.165, 1.54) is 24.4 Å². The fraction of sp³-hybridized carbons (Fsp3) is 0. The second-order valence-electron chi connectivity index (χ2n) is 5.55. The lowest BCUT2D eigenvalue weighted by molar-refractivity contribution is 0.102. The predicted molar refractivity (Wildman–Crippen MR) is 95.8 cm³/mol. The first kappa shape index (κ1) is 15.0. The molecule has 0 unspecified atom stereocenters. The number of fused-ring (bicyclic) bond motifs is 2. The van der Waals surface area contributed by atoms with Crippen LogP contribution in [-0.2, 0) is 0 Å². The second-order valence-corrected chi connectivity index (χ2v) is 5.55. The number of hydrogen-bond acceptors (Lipinski definition) is 4. The van der Waals surface area contributed by atoms with Gasteiger partial charge in [-0.05, 0) is 30.3 Å². The van der Waals surface area contributed by atoms with Gasteiger partial charge >= 0.3 is 0 Å². The molecule has 6 heteroatoms. The van der Waals surface area contributed by atoms with E-state index in [9.17, 15) is 9.18 Å². The second kappa shape index (κ2) is 5.83. The molecule has 0 aliphatic rings. The number of carbonyl (C=O) groups is 1. The van der Waals surface area contributed by atoms with Gasteiger partial charge in [-0.25, -0.2) is 4.39 Å². The summed E-state index contributed by atoms with van der Waals surface area (Å²) in [6, 6.07) is 13.4. The Kier molecular flexibility index (Phi) is 3.50. The minimum atomic E-state index is -0.471. The number of nitrogens with zero attached hydrogens (tertiary/aromatic N) is 2. The van der Waals surface area contributed by atoms with E-state index in [4.69, 9.17) is 5.73 Å². The highest BCUT2D eigenvalue weighted by molar-refractivity contribution is 6.16. The summed E-state index contributed by atoms with van der Waals surface area (Å²) < 4.78 is 14.0. The SMILES string of the molecule is Nc1ccc(F)c2ccnc(C(=O)Nc3cccc4cccnc34)c12. The summed E-state index contributed by atoms with van der Waals surface area (Å²) in [4.78, 5) is 21.2. The molecule has 2 aromatic heterocycles. The predicted octanol–water partition coefficient (Wildman–Crippen LogP) is 3.76. The smallest absolute Gasteiger partial charge is 0.275 e. The first-order chi connectivity index (χ1) is 12.1. The van der Waals surface area contributed by atoms with E-state index in [1.807, 2.05) is 24.3 Å². The Morgan fingerprint density at radius 2 is 1.84 bits per heavy atom. The highest BCUT2D eigenvalue weighted by Gasteiger charge is 2.17. The van der Waals surface area contributed by atoms with Crippen molar-refractivity contribution in [3.8, 4) is 0 Å². The quantitative estimate of drug-likeness (QED) is 0.548. The standard InChI is InChI=1S/C19H13FN4O/c20-13-6-7-14(21)16-12(13)8-10-23-18(16)19(25)24-15-5-1-3-11-4-2-9-22-17(11)15/h1-10H,21H2,(H,24,25). The van der Waals surface area contributed by atoms with Gasteiger partial charge < -0.3 is 11.1 Å². The van der Waals surface area contributed by atoms with Crippen molar-refractivity contribution >= 4 is 39.0 Å². The highest BCUT2D eigenvalue weighted by Crippen LogP contribution is 2.27. The fourth-order valence-corrected chi connectivity index (χ4v) is 2.85. The Morgan fingerprint density at radius 3 is 2.72 bits per heavy atom. The molecule has 0 aliphatic heterocycles. The van der Waals surface area contributed by atoms with Crippen LogP contribution in [0.5, 0.6) is 0 Å². The van der Waals surface area contributed by atoms with Gasteiger partial charge in [0, 0.05) is 34.2 Å². The van der Waals surface area contributed by atoms with Crippen LogP contribution >= 0.6 is 0 Å². The largest absolute Gasteiger partial charge is 0.398 e. The van der Waals surface area contributed by atoms with Gasteiger partial charge in [-0.1, -0.05) is 18.2 Å². The average molecular weight is 332 g/mol. The third-order valence-corrected chi connectivity index (χ3v) is 4.00. The number of nitrogen functional groups attached to an aromatic ring is 1. The number of benzene rings is 2. The first-order valence-electron chi connectivity index (χ1n) is 7.63. The summed E-state index contributed by atoms with van der Waals surface area (Å²) in [6.45, 7) is 0. The van der Waals surface area contributed by atoms with E-state index < -0.39 is 11.7 Å². The molecule has 0 saturated carbocycles. The molecule has 0 saturated heterocycles. The van der Waals surface area contributed by atoms with Crippen LogP contribution in [0.2, 0.25) is 0 Å². The van der Waals surface area contributed by atoms with Crippen LogP contribution in [-0.4, -0.2) is 15.9 Å². The minimum Gasteiger partial charge on any atom is -0.398 e. The third-order valence-electron chi connectivity index (χ3n) is 4.00. The lowest BCUT2D eigenvalue weighted by atomic mass is 10.1. The molecule has 1 amide bonds. The lowest BCUT2D eigenvalue weighted by Crippen LogP contribution is -2.15. The normalized spacial score (nSPS) is 10.9. The van der Waals surface area contributed by atoms with Crippen molar-refractivity contribution in [1.29, 1.82) is 0 Å². The monoisotopic (exact) mass is 332 g/mol. The molecule has 0 fully saturated rings. The number of nitrogens with one attached hydrogen (secondary N) is 1. The van der Waals surface area contributed by atoms with Gasteiger partial charge in [-0.2, -0.15) is 0 Å². The van der Waals surface area contributed by atoms with Crippen molar-refractivity contribution in [2.45, 2.75) is 0 Å². The summed E-state index contributed by atoms with van der Waals surface area (Å²) in [5.41, 5.74) is 7.53. The van der Waals surface area contributed by atoms with E-state index in [0.717, 1.165) is 5.39 Å². The average Bonchev–Trinajstić information content (AvgIpc) is 2.64. The van der Waals surface area contributed by atoms with Crippen LogP contribution in [0.4, 0.5) is 15.8 Å². The Morgan fingerprint density at radius 1 is 1.00 bits per heavy atom. The number of hydrogen-bond donors (Lipinski definition) is 2. The molecule has 0 bridgehead atoms. The van der Waals surface area contributed by atoms with Crippen LogP contribution in [0.15, 0.2) is 60.9 Å². The molecule has 2 heterocycles. The summed E-state index contributed by atoms with van der Waals surface area (Å²) >= 11 is 0. The number of pyridine rings is 2. The van der Waals surface area contributed by atoms with E-state index in [2.05, 4.69) is 15.3 Å². The molecular formula is C19H13FN4O. The molecule has 0 radical (unpaired) electrons. The molecule has 25 heavy (non-hydrogen) atoms. The molecule has 4 aromatic rings. The number of amides is 1. The van der Waals surface area contributed by atoms with Gasteiger partial charge in [-0.3, -0.25) is 14.8 Å². The van der Waals surface area contributed by atoms with E-state index in [1.54, 1.807) is 12.3 Å². The zero-order valence-corrected chi connectivity index (χ0v) is 13.0. The number of nitrogens with two attached hydrogens (primary N) is 1. The van der Waals surface area contributed by atoms with Gasteiger partial charge in [-0.15, -0.1) is 0 Å².